The number of para-hydroxylation sites is 4. The predicted molar refractivity (Wildman–Crippen MR) is 262 cm³/mol. The van der Waals surface area contributed by atoms with E-state index in [0.29, 0.717) is 0 Å². The van der Waals surface area contributed by atoms with Gasteiger partial charge >= 0.3 is 0 Å². The van der Waals surface area contributed by atoms with Crippen LogP contribution in [0, 0.1) is 0 Å². The maximum absolute atomic E-state index is 2.47. The number of hydrogen-bond donors (Lipinski definition) is 0. The van der Waals surface area contributed by atoms with Crippen LogP contribution >= 0.6 is 0 Å². The number of rotatable bonds is 8. The lowest BCUT2D eigenvalue weighted by atomic mass is 9.71. The fourth-order valence-corrected chi connectivity index (χ4v) is 10.6. The lowest BCUT2D eigenvalue weighted by Crippen LogP contribution is -2.20. The van der Waals surface area contributed by atoms with Crippen LogP contribution in [-0.4, -0.2) is 0 Å². The minimum Gasteiger partial charge on any atom is -0.310 e. The molecule has 62 heavy (non-hydrogen) atoms. The Bertz CT molecular complexity index is 2790. The second-order valence-electron chi connectivity index (χ2n) is 17.7. The van der Waals surface area contributed by atoms with Crippen LogP contribution in [0.15, 0.2) is 218 Å². The lowest BCUT2D eigenvalue weighted by molar-refractivity contribution is 0.654. The largest absolute Gasteiger partial charge is 0.310 e. The highest BCUT2D eigenvalue weighted by Gasteiger charge is 2.48. The third-order valence-electron chi connectivity index (χ3n) is 13.3. The van der Waals surface area contributed by atoms with Crippen LogP contribution in [0.2, 0.25) is 0 Å². The molecule has 0 aromatic heterocycles. The van der Waals surface area contributed by atoms with E-state index in [9.17, 15) is 0 Å². The normalized spacial score (nSPS) is 13.7. The Kier molecular flexibility index (Phi) is 8.87. The smallest absolute Gasteiger partial charge is 0.0465 e. The predicted octanol–water partition coefficient (Wildman–Crippen LogP) is 16.6. The number of nitrogens with zero attached hydrogens (tertiary/aromatic N) is 2. The topological polar surface area (TPSA) is 6.48 Å². The maximum Gasteiger partial charge on any atom is 0.0465 e. The molecule has 0 spiro atoms. The molecule has 0 amide bonds. The molecule has 0 saturated heterocycles. The van der Waals surface area contributed by atoms with Crippen LogP contribution in [0.25, 0.3) is 44.5 Å². The first-order valence-corrected chi connectivity index (χ1v) is 21.8. The second-order valence-corrected chi connectivity index (χ2v) is 17.7. The standard InChI is InChI=1S/C60H48N2/c1-59(2)51-39-47(61(43-27-15-7-16-28-43)44-29-17-8-18-30-44)35-37-49(51)55-54(42-25-13-6-14-26-42)58-56(53(57(55)59)41-23-11-5-12-24-41)50-38-36-48(40-52(50)60(58,3)4)62(45-31-19-9-20-32-45)46-33-21-10-22-34-46/h5-40H,1-4H3. The molecule has 2 aliphatic rings. The van der Waals surface area contributed by atoms with Gasteiger partial charge in [-0.25, -0.2) is 0 Å². The van der Waals surface area contributed by atoms with Gasteiger partial charge in [-0.15, -0.1) is 0 Å². The van der Waals surface area contributed by atoms with Gasteiger partial charge in [0.25, 0.3) is 0 Å². The van der Waals surface area contributed by atoms with Crippen molar-refractivity contribution < 1.29 is 0 Å². The number of anilines is 6. The quantitative estimate of drug-likeness (QED) is 0.151. The van der Waals surface area contributed by atoms with E-state index in [1.54, 1.807) is 0 Å². The zero-order valence-corrected chi connectivity index (χ0v) is 35.7. The van der Waals surface area contributed by atoms with Gasteiger partial charge < -0.3 is 9.80 Å². The highest BCUT2D eigenvalue weighted by molar-refractivity contribution is 6.09. The fourth-order valence-electron chi connectivity index (χ4n) is 10.6. The van der Waals surface area contributed by atoms with Crippen LogP contribution in [0.1, 0.15) is 49.9 Å². The van der Waals surface area contributed by atoms with E-state index in [1.807, 2.05) is 0 Å². The van der Waals surface area contributed by atoms with E-state index < -0.39 is 0 Å². The molecule has 0 bridgehead atoms. The summed E-state index contributed by atoms with van der Waals surface area (Å²) in [6.07, 6.45) is 0. The van der Waals surface area contributed by atoms with Crippen LogP contribution in [0.5, 0.6) is 0 Å². The second kappa shape index (κ2) is 14.6. The van der Waals surface area contributed by atoms with Gasteiger partial charge in [-0.05, 0) is 140 Å². The molecule has 9 aromatic carbocycles. The van der Waals surface area contributed by atoms with E-state index >= 15 is 0 Å². The molecular weight excluding hydrogens is 749 g/mol. The number of fused-ring (bicyclic) bond motifs is 6. The summed E-state index contributed by atoms with van der Waals surface area (Å²) in [6.45, 7) is 9.80. The molecule has 0 radical (unpaired) electrons. The summed E-state index contributed by atoms with van der Waals surface area (Å²) in [5.41, 5.74) is 22.1. The van der Waals surface area contributed by atoms with Crippen molar-refractivity contribution >= 4 is 34.1 Å². The molecule has 0 atom stereocenters. The minimum absolute atomic E-state index is 0.340. The number of benzene rings is 9. The molecule has 0 unspecified atom stereocenters. The SMILES string of the molecule is CC1(C)c2cc(N(c3ccccc3)c3ccccc3)ccc2-c2c(-c3ccccc3)c3c(c(-c4ccccc4)c21)-c1ccc(N(c2ccccc2)c2ccccc2)cc1C3(C)C. The first-order chi connectivity index (χ1) is 30.3. The Morgan fingerprint density at radius 2 is 0.548 bits per heavy atom. The lowest BCUT2D eigenvalue weighted by Gasteiger charge is -2.31. The highest BCUT2D eigenvalue weighted by Crippen LogP contribution is 2.65. The van der Waals surface area contributed by atoms with Crippen molar-refractivity contribution in [2.45, 2.75) is 38.5 Å². The molecule has 0 heterocycles. The molecule has 2 aliphatic carbocycles. The molecule has 2 heteroatoms. The van der Waals surface area contributed by atoms with Crippen molar-refractivity contribution in [3.8, 4) is 44.5 Å². The zero-order valence-electron chi connectivity index (χ0n) is 35.7. The van der Waals surface area contributed by atoms with Crippen LogP contribution in [0.4, 0.5) is 34.1 Å². The van der Waals surface area contributed by atoms with Gasteiger partial charge in [0.05, 0.1) is 0 Å². The summed E-state index contributed by atoms with van der Waals surface area (Å²) in [5.74, 6) is 0. The van der Waals surface area contributed by atoms with E-state index in [1.165, 1.54) is 66.8 Å². The molecule has 11 rings (SSSR count). The molecule has 0 saturated carbocycles. The first kappa shape index (κ1) is 37.6. The molecule has 9 aromatic rings. The Hall–Kier alpha value is -7.42. The van der Waals surface area contributed by atoms with E-state index in [-0.39, 0.29) is 10.8 Å². The van der Waals surface area contributed by atoms with Gasteiger partial charge in [-0.1, -0.05) is 173 Å². The van der Waals surface area contributed by atoms with Crippen molar-refractivity contribution in [2.24, 2.45) is 0 Å². The van der Waals surface area contributed by atoms with Gasteiger partial charge in [0.2, 0.25) is 0 Å². The Labute approximate surface area is 366 Å². The van der Waals surface area contributed by atoms with Crippen molar-refractivity contribution in [2.75, 3.05) is 9.80 Å². The van der Waals surface area contributed by atoms with Crippen molar-refractivity contribution in [1.82, 2.24) is 0 Å². The fraction of sp³-hybridized carbons (Fsp3) is 0.100. The zero-order chi connectivity index (χ0) is 42.0. The Morgan fingerprint density at radius 1 is 0.274 bits per heavy atom. The summed E-state index contributed by atoms with van der Waals surface area (Å²) < 4.78 is 0. The summed E-state index contributed by atoms with van der Waals surface area (Å²) in [6, 6.07) is 79.8. The summed E-state index contributed by atoms with van der Waals surface area (Å²) in [5, 5.41) is 0. The van der Waals surface area contributed by atoms with E-state index in [0.717, 1.165) is 34.1 Å². The van der Waals surface area contributed by atoms with Crippen LogP contribution in [-0.2, 0) is 10.8 Å². The van der Waals surface area contributed by atoms with Gasteiger partial charge in [0, 0.05) is 45.0 Å². The first-order valence-electron chi connectivity index (χ1n) is 21.8. The van der Waals surface area contributed by atoms with Gasteiger partial charge in [-0.2, -0.15) is 0 Å². The molecule has 298 valence electrons. The average molecular weight is 797 g/mol. The Morgan fingerprint density at radius 3 is 0.839 bits per heavy atom. The van der Waals surface area contributed by atoms with Crippen molar-refractivity contribution in [3.63, 3.8) is 0 Å². The van der Waals surface area contributed by atoms with E-state index in [2.05, 4.69) is 256 Å². The summed E-state index contributed by atoms with van der Waals surface area (Å²) in [7, 11) is 0. The molecular formula is C60H48N2. The van der Waals surface area contributed by atoms with Crippen molar-refractivity contribution in [1.29, 1.82) is 0 Å². The van der Waals surface area contributed by atoms with Crippen LogP contribution in [0.3, 0.4) is 0 Å². The monoisotopic (exact) mass is 796 g/mol. The van der Waals surface area contributed by atoms with Crippen molar-refractivity contribution in [3.05, 3.63) is 241 Å². The molecule has 0 aliphatic heterocycles. The Balaban J connectivity index is 1.20. The highest BCUT2D eigenvalue weighted by atomic mass is 15.1. The summed E-state index contributed by atoms with van der Waals surface area (Å²) >= 11 is 0. The molecule has 0 fully saturated rings. The van der Waals surface area contributed by atoms with Gasteiger partial charge in [-0.3, -0.25) is 0 Å². The molecule has 0 N–H and O–H groups in total. The minimum atomic E-state index is -0.340. The van der Waals surface area contributed by atoms with Crippen LogP contribution < -0.4 is 9.80 Å². The molecule has 2 nitrogen and oxygen atoms in total. The average Bonchev–Trinajstić information content (AvgIpc) is 3.69. The maximum atomic E-state index is 2.47. The summed E-state index contributed by atoms with van der Waals surface area (Å²) in [4.78, 5) is 4.78. The number of hydrogen-bond acceptors (Lipinski definition) is 2. The third-order valence-corrected chi connectivity index (χ3v) is 13.3. The van der Waals surface area contributed by atoms with Gasteiger partial charge in [0.1, 0.15) is 0 Å². The van der Waals surface area contributed by atoms with E-state index in [4.69, 9.17) is 0 Å². The van der Waals surface area contributed by atoms with Gasteiger partial charge in [0.15, 0.2) is 0 Å². The third kappa shape index (κ3) is 5.85.